The summed E-state index contributed by atoms with van der Waals surface area (Å²) >= 11 is 0. The lowest BCUT2D eigenvalue weighted by molar-refractivity contribution is -0.143. The van der Waals surface area contributed by atoms with Gasteiger partial charge in [-0.15, -0.1) is 0 Å². The monoisotopic (exact) mass is 247 g/mol. The summed E-state index contributed by atoms with van der Waals surface area (Å²) in [6.45, 7) is 1.76. The van der Waals surface area contributed by atoms with E-state index in [0.29, 0.717) is 6.07 Å². The zero-order valence-corrected chi connectivity index (χ0v) is 9.17. The molecule has 0 aliphatic heterocycles. The fourth-order valence-corrected chi connectivity index (χ4v) is 1.36. The molecule has 0 amide bonds. The Hall–Kier alpha value is -1.56. The predicted octanol–water partition coefficient (Wildman–Crippen LogP) is 2.06. The molecular formula is C11H12F3NO2. The van der Waals surface area contributed by atoms with Crippen LogP contribution in [0.25, 0.3) is 0 Å². The Balaban J connectivity index is 2.88. The smallest absolute Gasteiger partial charge is 0.307 e. The fraction of sp³-hybridized carbons (Fsp3) is 0.364. The maximum absolute atomic E-state index is 13.3. The molecule has 0 unspecified atom stereocenters. The van der Waals surface area contributed by atoms with Gasteiger partial charge in [-0.3, -0.25) is 4.79 Å². The number of carbonyl (C=O) groups is 1. The second-order valence-electron chi connectivity index (χ2n) is 3.41. The predicted molar refractivity (Wildman–Crippen MR) is 54.5 cm³/mol. The summed E-state index contributed by atoms with van der Waals surface area (Å²) in [7, 11) is 0. The number of rotatable bonds is 4. The third-order valence-corrected chi connectivity index (χ3v) is 2.11. The van der Waals surface area contributed by atoms with Gasteiger partial charge in [0.2, 0.25) is 0 Å². The molecule has 0 fully saturated rings. The van der Waals surface area contributed by atoms with Gasteiger partial charge in [0.1, 0.15) is 5.82 Å². The number of hydrogen-bond donors (Lipinski definition) is 1. The van der Waals surface area contributed by atoms with Gasteiger partial charge < -0.3 is 10.5 Å². The van der Waals surface area contributed by atoms with Crippen LogP contribution in [0.1, 0.15) is 24.9 Å². The SMILES string of the molecule is CCOC(=O)C[C@H](N)c1cc(F)cc(F)c1F. The quantitative estimate of drug-likeness (QED) is 0.654. The molecule has 0 saturated carbocycles. The van der Waals surface area contributed by atoms with Crippen LogP contribution in [0.4, 0.5) is 13.2 Å². The van der Waals surface area contributed by atoms with Crippen molar-refractivity contribution in [3.8, 4) is 0 Å². The van der Waals surface area contributed by atoms with E-state index < -0.39 is 29.5 Å². The Morgan fingerprint density at radius 1 is 1.41 bits per heavy atom. The molecule has 6 heteroatoms. The van der Waals surface area contributed by atoms with Crippen LogP contribution in [0.15, 0.2) is 12.1 Å². The minimum absolute atomic E-state index is 0.158. The average Bonchev–Trinajstić information content (AvgIpc) is 2.23. The molecular weight excluding hydrogens is 235 g/mol. The Morgan fingerprint density at radius 2 is 2.06 bits per heavy atom. The van der Waals surface area contributed by atoms with E-state index in [1.54, 1.807) is 6.92 Å². The van der Waals surface area contributed by atoms with Crippen LogP contribution in [-0.2, 0) is 9.53 Å². The van der Waals surface area contributed by atoms with E-state index in [2.05, 4.69) is 4.74 Å². The highest BCUT2D eigenvalue weighted by Crippen LogP contribution is 2.22. The molecule has 0 aromatic heterocycles. The molecule has 2 N–H and O–H groups in total. The van der Waals surface area contributed by atoms with Crippen molar-refractivity contribution in [2.45, 2.75) is 19.4 Å². The third kappa shape index (κ3) is 3.45. The highest BCUT2D eigenvalue weighted by molar-refractivity contribution is 5.70. The van der Waals surface area contributed by atoms with Crippen molar-refractivity contribution in [2.24, 2.45) is 5.73 Å². The third-order valence-electron chi connectivity index (χ3n) is 2.11. The molecule has 1 aromatic carbocycles. The van der Waals surface area contributed by atoms with Gasteiger partial charge in [0.25, 0.3) is 0 Å². The van der Waals surface area contributed by atoms with Gasteiger partial charge in [0.15, 0.2) is 11.6 Å². The van der Waals surface area contributed by atoms with E-state index >= 15 is 0 Å². The molecule has 94 valence electrons. The molecule has 3 nitrogen and oxygen atoms in total. The van der Waals surface area contributed by atoms with Gasteiger partial charge in [-0.05, 0) is 13.0 Å². The van der Waals surface area contributed by atoms with Crippen molar-refractivity contribution in [1.82, 2.24) is 0 Å². The number of halogens is 3. The zero-order chi connectivity index (χ0) is 13.0. The molecule has 0 heterocycles. The van der Waals surface area contributed by atoms with Crippen molar-refractivity contribution in [1.29, 1.82) is 0 Å². The van der Waals surface area contributed by atoms with Gasteiger partial charge in [0, 0.05) is 17.7 Å². The second kappa shape index (κ2) is 5.67. The summed E-state index contributed by atoms with van der Waals surface area (Å²) in [4.78, 5) is 11.1. The first-order valence-electron chi connectivity index (χ1n) is 5.01. The lowest BCUT2D eigenvalue weighted by Crippen LogP contribution is -2.19. The highest BCUT2D eigenvalue weighted by atomic mass is 19.2. The summed E-state index contributed by atoms with van der Waals surface area (Å²) in [5.41, 5.74) is 5.11. The molecule has 0 aliphatic carbocycles. The van der Waals surface area contributed by atoms with E-state index in [4.69, 9.17) is 5.73 Å². The summed E-state index contributed by atoms with van der Waals surface area (Å²) in [6, 6.07) is 0.0392. The van der Waals surface area contributed by atoms with E-state index in [-0.39, 0.29) is 18.6 Å². The van der Waals surface area contributed by atoms with E-state index in [0.717, 1.165) is 6.07 Å². The Labute approximate surface area is 96.4 Å². The topological polar surface area (TPSA) is 52.3 Å². The van der Waals surface area contributed by atoms with Crippen LogP contribution in [0.5, 0.6) is 0 Å². The van der Waals surface area contributed by atoms with Crippen LogP contribution in [0.2, 0.25) is 0 Å². The first-order chi connectivity index (χ1) is 7.95. The highest BCUT2D eigenvalue weighted by Gasteiger charge is 2.19. The molecule has 1 aromatic rings. The number of ether oxygens (including phenoxy) is 1. The molecule has 1 atom stereocenters. The van der Waals surface area contributed by atoms with Crippen molar-refractivity contribution in [3.05, 3.63) is 35.1 Å². The van der Waals surface area contributed by atoms with Crippen molar-refractivity contribution >= 4 is 5.97 Å². The van der Waals surface area contributed by atoms with Crippen molar-refractivity contribution in [3.63, 3.8) is 0 Å². The summed E-state index contributed by atoms with van der Waals surface area (Å²) in [6.07, 6.45) is -0.340. The number of benzene rings is 1. The molecule has 1 rings (SSSR count). The molecule has 0 aliphatic rings. The number of esters is 1. The number of hydrogen-bond acceptors (Lipinski definition) is 3. The minimum atomic E-state index is -1.33. The van der Waals surface area contributed by atoms with Gasteiger partial charge in [-0.1, -0.05) is 0 Å². The van der Waals surface area contributed by atoms with E-state index in [9.17, 15) is 18.0 Å². The molecule has 0 radical (unpaired) electrons. The standard InChI is InChI=1S/C11H12F3NO2/c1-2-17-10(16)5-9(15)7-3-6(12)4-8(13)11(7)14/h3-4,9H,2,5,15H2,1H3/t9-/m0/s1. The maximum atomic E-state index is 13.3. The van der Waals surface area contributed by atoms with Crippen molar-refractivity contribution in [2.75, 3.05) is 6.61 Å². The van der Waals surface area contributed by atoms with Crippen LogP contribution >= 0.6 is 0 Å². The normalized spacial score (nSPS) is 12.3. The summed E-state index contributed by atoms with van der Waals surface area (Å²) in [5, 5.41) is 0. The van der Waals surface area contributed by atoms with Crippen LogP contribution < -0.4 is 5.73 Å². The zero-order valence-electron chi connectivity index (χ0n) is 9.17. The van der Waals surface area contributed by atoms with Crippen LogP contribution in [0, 0.1) is 17.5 Å². The number of carbonyl (C=O) groups excluding carboxylic acids is 1. The van der Waals surface area contributed by atoms with Crippen LogP contribution in [0.3, 0.4) is 0 Å². The summed E-state index contributed by atoms with van der Waals surface area (Å²) < 4.78 is 43.7. The second-order valence-corrected chi connectivity index (χ2v) is 3.41. The maximum Gasteiger partial charge on any atom is 0.307 e. The van der Waals surface area contributed by atoms with Gasteiger partial charge in [0.05, 0.1) is 13.0 Å². The van der Waals surface area contributed by atoms with E-state index in [1.807, 2.05) is 0 Å². The van der Waals surface area contributed by atoms with Gasteiger partial charge in [-0.2, -0.15) is 0 Å². The van der Waals surface area contributed by atoms with E-state index in [1.165, 1.54) is 0 Å². The Bertz CT molecular complexity index is 423. The largest absolute Gasteiger partial charge is 0.466 e. The van der Waals surface area contributed by atoms with Crippen molar-refractivity contribution < 1.29 is 22.7 Å². The lowest BCUT2D eigenvalue weighted by atomic mass is 10.0. The molecule has 17 heavy (non-hydrogen) atoms. The molecule has 0 saturated heterocycles. The molecule has 0 bridgehead atoms. The minimum Gasteiger partial charge on any atom is -0.466 e. The fourth-order valence-electron chi connectivity index (χ4n) is 1.36. The molecule has 0 spiro atoms. The lowest BCUT2D eigenvalue weighted by Gasteiger charge is -2.12. The van der Waals surface area contributed by atoms with Gasteiger partial charge >= 0.3 is 5.97 Å². The average molecular weight is 247 g/mol. The first-order valence-corrected chi connectivity index (χ1v) is 5.01. The number of nitrogens with two attached hydrogens (primary N) is 1. The van der Waals surface area contributed by atoms with Gasteiger partial charge in [-0.25, -0.2) is 13.2 Å². The Morgan fingerprint density at radius 3 is 2.65 bits per heavy atom. The summed E-state index contributed by atoms with van der Waals surface area (Å²) in [5.74, 6) is -4.18. The first kappa shape index (κ1) is 13.5. The van der Waals surface area contributed by atoms with Crippen LogP contribution in [-0.4, -0.2) is 12.6 Å². The Kier molecular flexibility index (Phi) is 4.51.